The molecule has 8 nitrogen and oxygen atoms in total. The third-order valence-electron chi connectivity index (χ3n) is 5.40. The number of carbonyl (C=O) groups is 1. The summed E-state index contributed by atoms with van der Waals surface area (Å²) >= 11 is 6.41. The molecule has 2 aromatic heterocycles. The lowest BCUT2D eigenvalue weighted by molar-refractivity contribution is -0.142. The average molecular weight is 465 g/mol. The lowest BCUT2D eigenvalue weighted by Crippen LogP contribution is -2.11. The first-order chi connectivity index (χ1) is 16.1. The minimum Gasteiger partial charge on any atom is -0.459 e. The number of H-pyrrole nitrogens is 1. The highest BCUT2D eigenvalue weighted by molar-refractivity contribution is 6.30. The van der Waals surface area contributed by atoms with Crippen molar-refractivity contribution in [2.45, 2.75) is 46.3 Å². The molecule has 0 aliphatic rings. The van der Waals surface area contributed by atoms with E-state index in [-0.39, 0.29) is 12.6 Å². The number of ether oxygens (including phenoxy) is 1. The second-order valence-corrected chi connectivity index (χ2v) is 8.09. The number of aromatic nitrogens is 6. The molecule has 0 radical (unpaired) electrons. The number of rotatable bonds is 9. The van der Waals surface area contributed by atoms with E-state index in [4.69, 9.17) is 16.3 Å². The highest BCUT2D eigenvalue weighted by atomic mass is 35.5. The van der Waals surface area contributed by atoms with Gasteiger partial charge in [0.05, 0.1) is 5.69 Å². The summed E-state index contributed by atoms with van der Waals surface area (Å²) in [6.07, 6.45) is 2.87. The Morgan fingerprint density at radius 2 is 1.88 bits per heavy atom. The summed E-state index contributed by atoms with van der Waals surface area (Å²) in [7, 11) is 0. The van der Waals surface area contributed by atoms with Crippen LogP contribution in [0.15, 0.2) is 48.5 Å². The number of nitrogens with one attached hydrogen (secondary N) is 1. The van der Waals surface area contributed by atoms with Crippen molar-refractivity contribution >= 4 is 17.6 Å². The van der Waals surface area contributed by atoms with E-state index in [0.29, 0.717) is 23.2 Å². The molecular weight excluding hydrogens is 440 g/mol. The van der Waals surface area contributed by atoms with Crippen molar-refractivity contribution < 1.29 is 9.53 Å². The van der Waals surface area contributed by atoms with Crippen LogP contribution >= 0.6 is 11.6 Å². The fourth-order valence-electron chi connectivity index (χ4n) is 3.71. The van der Waals surface area contributed by atoms with Crippen LogP contribution in [0.4, 0.5) is 0 Å². The van der Waals surface area contributed by atoms with Gasteiger partial charge in [-0.05, 0) is 33.5 Å². The summed E-state index contributed by atoms with van der Waals surface area (Å²) in [4.78, 5) is 15.9. The van der Waals surface area contributed by atoms with Crippen molar-refractivity contribution in [1.29, 1.82) is 0 Å². The zero-order valence-corrected chi connectivity index (χ0v) is 19.3. The maximum absolute atomic E-state index is 11.4. The van der Waals surface area contributed by atoms with Crippen molar-refractivity contribution in [3.8, 4) is 22.5 Å². The van der Waals surface area contributed by atoms with Crippen molar-refractivity contribution in [3.05, 3.63) is 70.8 Å². The minimum atomic E-state index is -0.348. The maximum Gasteiger partial charge on any atom is 0.303 e. The van der Waals surface area contributed by atoms with Crippen molar-refractivity contribution in [1.82, 2.24) is 30.2 Å². The van der Waals surface area contributed by atoms with Crippen LogP contribution in [0.25, 0.3) is 22.5 Å². The van der Waals surface area contributed by atoms with E-state index in [9.17, 15) is 4.79 Å². The fraction of sp³-hybridized carbons (Fsp3) is 0.292. The second-order valence-electron chi connectivity index (χ2n) is 7.73. The predicted octanol–water partition coefficient (Wildman–Crippen LogP) is 4.84. The minimum absolute atomic E-state index is 0.101. The number of hydrogen-bond donors (Lipinski definition) is 1. The van der Waals surface area contributed by atoms with Crippen molar-refractivity contribution in [3.63, 3.8) is 0 Å². The molecule has 0 amide bonds. The molecule has 4 rings (SSSR count). The number of nitrogens with zero attached hydrogens (tertiary/aromatic N) is 5. The number of unbranched alkanes of at least 4 members (excludes halogenated alkanes) is 1. The molecule has 1 N–H and O–H groups in total. The first kappa shape index (κ1) is 22.7. The molecule has 170 valence electrons. The second kappa shape index (κ2) is 10.4. The van der Waals surface area contributed by atoms with Gasteiger partial charge in [0, 0.05) is 25.5 Å². The van der Waals surface area contributed by atoms with Crippen LogP contribution in [-0.4, -0.2) is 36.1 Å². The molecule has 0 atom stereocenters. The highest BCUT2D eigenvalue weighted by Gasteiger charge is 2.17. The molecule has 0 saturated carbocycles. The number of esters is 1. The monoisotopic (exact) mass is 464 g/mol. The van der Waals surface area contributed by atoms with Gasteiger partial charge in [0.15, 0.2) is 11.0 Å². The van der Waals surface area contributed by atoms with Gasteiger partial charge in [-0.3, -0.25) is 4.79 Å². The zero-order chi connectivity index (χ0) is 23.2. The summed E-state index contributed by atoms with van der Waals surface area (Å²) in [5, 5.41) is 14.6. The van der Waals surface area contributed by atoms with E-state index in [1.54, 1.807) is 0 Å². The first-order valence-electron chi connectivity index (χ1n) is 10.9. The van der Waals surface area contributed by atoms with E-state index in [0.717, 1.165) is 47.3 Å². The summed E-state index contributed by atoms with van der Waals surface area (Å²) in [6.45, 7) is 4.21. The number of imidazole rings is 1. The van der Waals surface area contributed by atoms with Gasteiger partial charge in [0.1, 0.15) is 12.4 Å². The Morgan fingerprint density at radius 1 is 1.12 bits per heavy atom. The molecule has 9 heteroatoms. The van der Waals surface area contributed by atoms with Gasteiger partial charge in [-0.1, -0.05) is 73.5 Å². The largest absolute Gasteiger partial charge is 0.459 e. The van der Waals surface area contributed by atoms with Crippen LogP contribution in [0.1, 0.15) is 43.8 Å². The Balaban J connectivity index is 1.62. The third kappa shape index (κ3) is 5.28. The summed E-state index contributed by atoms with van der Waals surface area (Å²) in [6, 6.07) is 16.3. The smallest absolute Gasteiger partial charge is 0.303 e. The molecule has 0 spiro atoms. The molecule has 0 aliphatic heterocycles. The number of benzene rings is 2. The summed E-state index contributed by atoms with van der Waals surface area (Å²) in [5.74, 6) is 1.17. The number of tetrazole rings is 1. The average Bonchev–Trinajstić information content (AvgIpc) is 3.45. The molecule has 4 aromatic rings. The Morgan fingerprint density at radius 3 is 2.55 bits per heavy atom. The van der Waals surface area contributed by atoms with E-state index in [1.165, 1.54) is 6.92 Å². The SMILES string of the molecule is CCCCc1nc(Cl)c(COC(C)=O)n1Cc1ccc(-c2ccccc2-c2nnn[nH]2)cc1. The molecule has 0 unspecified atom stereocenters. The van der Waals surface area contributed by atoms with Crippen molar-refractivity contribution in [2.24, 2.45) is 0 Å². The topological polar surface area (TPSA) is 98.6 Å². The van der Waals surface area contributed by atoms with Crippen LogP contribution < -0.4 is 0 Å². The highest BCUT2D eigenvalue weighted by Crippen LogP contribution is 2.30. The number of aromatic amines is 1. The third-order valence-corrected chi connectivity index (χ3v) is 5.70. The molecule has 0 bridgehead atoms. The Bertz CT molecular complexity index is 1220. The van der Waals surface area contributed by atoms with Gasteiger partial charge in [-0.2, -0.15) is 0 Å². The quantitative estimate of drug-likeness (QED) is 0.356. The normalized spacial score (nSPS) is 11.0. The fourth-order valence-corrected chi connectivity index (χ4v) is 3.97. The number of hydrogen-bond acceptors (Lipinski definition) is 6. The molecule has 0 saturated heterocycles. The van der Waals surface area contributed by atoms with Gasteiger partial charge in [-0.25, -0.2) is 10.1 Å². The molecular formula is C24H25ClN6O2. The Labute approximate surface area is 197 Å². The van der Waals surface area contributed by atoms with Crippen molar-refractivity contribution in [2.75, 3.05) is 0 Å². The maximum atomic E-state index is 11.4. The van der Waals surface area contributed by atoms with Crippen LogP contribution in [0, 0.1) is 0 Å². The lowest BCUT2D eigenvalue weighted by Gasteiger charge is -2.13. The number of carbonyl (C=O) groups excluding carboxylic acids is 1. The Hall–Kier alpha value is -3.52. The van der Waals surface area contributed by atoms with E-state index >= 15 is 0 Å². The molecule has 0 fully saturated rings. The van der Waals surface area contributed by atoms with E-state index < -0.39 is 0 Å². The first-order valence-corrected chi connectivity index (χ1v) is 11.2. The molecule has 2 heterocycles. The van der Waals surface area contributed by atoms with Gasteiger partial charge < -0.3 is 9.30 Å². The van der Waals surface area contributed by atoms with Gasteiger partial charge in [0.2, 0.25) is 0 Å². The van der Waals surface area contributed by atoms with E-state index in [1.807, 2.05) is 24.3 Å². The van der Waals surface area contributed by atoms with Crippen LogP contribution in [-0.2, 0) is 29.1 Å². The Kier molecular flexibility index (Phi) is 7.14. The van der Waals surface area contributed by atoms with Crippen LogP contribution in [0.2, 0.25) is 5.15 Å². The van der Waals surface area contributed by atoms with Gasteiger partial charge in [0.25, 0.3) is 0 Å². The molecule has 2 aromatic carbocycles. The zero-order valence-electron chi connectivity index (χ0n) is 18.6. The summed E-state index contributed by atoms with van der Waals surface area (Å²) in [5.41, 5.74) is 4.83. The number of aryl methyl sites for hydroxylation is 1. The van der Waals surface area contributed by atoms with Crippen LogP contribution in [0.5, 0.6) is 0 Å². The number of halogens is 1. The molecule has 0 aliphatic carbocycles. The van der Waals surface area contributed by atoms with Gasteiger partial charge in [-0.15, -0.1) is 5.10 Å². The molecule has 33 heavy (non-hydrogen) atoms. The lowest BCUT2D eigenvalue weighted by atomic mass is 9.98. The predicted molar refractivity (Wildman–Crippen MR) is 125 cm³/mol. The van der Waals surface area contributed by atoms with Gasteiger partial charge >= 0.3 is 5.97 Å². The summed E-state index contributed by atoms with van der Waals surface area (Å²) < 4.78 is 7.29. The van der Waals surface area contributed by atoms with E-state index in [2.05, 4.69) is 61.4 Å². The van der Waals surface area contributed by atoms with Crippen LogP contribution in [0.3, 0.4) is 0 Å². The standard InChI is InChI=1S/C24H25ClN6O2/c1-3-4-9-22-26-23(25)21(15-33-16(2)32)31(22)14-17-10-12-18(13-11-17)19-7-5-6-8-20(19)24-27-29-30-28-24/h5-8,10-13H,3-4,9,14-15H2,1-2H3,(H,27,28,29,30).